The first kappa shape index (κ1) is 105. The molecular weight excluding hydrogens is 760 g/mol. The number of aliphatic carboxylic acids is 8. The molecule has 0 aromatic carbocycles. The second-order valence-electron chi connectivity index (χ2n) is 5.91. The van der Waals surface area contributed by atoms with Gasteiger partial charge in [-0.3, -0.25) is 9.98 Å². The third-order valence-corrected chi connectivity index (χ3v) is 1.14. The number of carbonyl (C=O) groups excluding carboxylic acids is 8. The fraction of sp³-hybridized carbons (Fsp3) is 0.545. The summed E-state index contributed by atoms with van der Waals surface area (Å²) < 4.78 is 0. The van der Waals surface area contributed by atoms with Crippen LogP contribution in [-0.4, -0.2) is 86.6 Å². The summed E-state index contributed by atoms with van der Waals surface area (Å²) in [5, 5.41) is 77.0. The van der Waals surface area contributed by atoms with Gasteiger partial charge in [-0.05, 0) is 55.4 Å². The molecule has 0 saturated carbocycles. The fourth-order valence-electron chi connectivity index (χ4n) is 0.645. The van der Waals surface area contributed by atoms with E-state index in [-0.39, 0.29) is 236 Å². The Labute approximate surface area is 469 Å². The van der Waals surface area contributed by atoms with Crippen molar-refractivity contribution in [1.29, 1.82) is 0 Å². The molecule has 2 aliphatic rings. The van der Waals surface area contributed by atoms with Crippen LogP contribution in [0.5, 0.6) is 0 Å². The van der Waals surface area contributed by atoms with Crippen LogP contribution in [0.25, 0.3) is 0 Å². The maximum absolute atomic E-state index is 8.89. The summed E-state index contributed by atoms with van der Waals surface area (Å²) in [7, 11) is 0. The first-order valence-electron chi connectivity index (χ1n) is 10.7. The number of aliphatic imine (C=N–C) groups is 2. The Balaban J connectivity index is -0.0000000181. The molecule has 0 atom stereocenters. The number of hydrogen-bond acceptors (Lipinski definition) is 20. The number of hydrogen-bond donors (Lipinski definition) is 2. The molecule has 248 valence electrons. The molecule has 0 aromatic rings. The van der Waals surface area contributed by atoms with Gasteiger partial charge in [0, 0.05) is 60.8 Å². The van der Waals surface area contributed by atoms with E-state index in [1.165, 1.54) is 0 Å². The average molecular weight is 796 g/mol. The molecule has 0 aliphatic carbocycles. The van der Waals surface area contributed by atoms with Crippen LogP contribution in [-0.2, 0) is 38.4 Å². The Morgan fingerprint density at radius 3 is 0.480 bits per heavy atom. The van der Waals surface area contributed by atoms with Gasteiger partial charge in [0.25, 0.3) is 0 Å². The summed E-state index contributed by atoms with van der Waals surface area (Å²) >= 11 is 0. The summed E-state index contributed by atoms with van der Waals surface area (Å²) in [5.74, 6) is -8.67. The molecule has 28 heteroatoms. The minimum absolute atomic E-state index is 0. The van der Waals surface area contributed by atoms with Crippen molar-refractivity contribution in [2.75, 3.05) is 26.2 Å². The molecule has 0 bridgehead atoms. The van der Waals surface area contributed by atoms with Gasteiger partial charge in [0.05, 0.1) is 25.8 Å². The summed E-state index contributed by atoms with van der Waals surface area (Å²) in [6, 6.07) is 0. The average Bonchev–Trinajstić information content (AvgIpc) is 3.44. The van der Waals surface area contributed by atoms with E-state index < -0.39 is 47.8 Å². The van der Waals surface area contributed by atoms with Crippen molar-refractivity contribution < 1.29 is 316 Å². The molecular formula is C22H36N4Na8O16. The number of nitrogens with one attached hydrogen (secondary N) is 2. The monoisotopic (exact) mass is 796 g/mol. The molecule has 50 heavy (non-hydrogen) atoms. The first-order valence-corrected chi connectivity index (χ1v) is 10.7. The number of nitrogens with zero attached hydrogens (tertiary/aromatic N) is 2. The van der Waals surface area contributed by atoms with Crippen LogP contribution in [0, 0.1) is 0 Å². The van der Waals surface area contributed by atoms with Crippen LogP contribution < -0.4 is 288 Å². The maximum Gasteiger partial charge on any atom is 1.00 e. The van der Waals surface area contributed by atoms with Gasteiger partial charge in [0.1, 0.15) is 0 Å². The standard InChI is InChI=1S/2C3H6N2.8C2H4O2.8Na/c2*1-2-5-3-4-1;8*1-2(3)4;;;;;;;;/h2*3H,1-2H2,(H,4,5);8*1H3,(H,3,4);;;;;;;;/q;;;;;;;;;;8*+1/p-8. The molecule has 0 spiro atoms. The summed E-state index contributed by atoms with van der Waals surface area (Å²) in [5.41, 5.74) is 0. The van der Waals surface area contributed by atoms with Gasteiger partial charge in [0.2, 0.25) is 0 Å². The van der Waals surface area contributed by atoms with Crippen LogP contribution in [0.4, 0.5) is 0 Å². The van der Waals surface area contributed by atoms with Gasteiger partial charge in [-0.15, -0.1) is 0 Å². The third-order valence-electron chi connectivity index (χ3n) is 1.14. The Morgan fingerprint density at radius 2 is 0.460 bits per heavy atom. The van der Waals surface area contributed by atoms with Crippen LogP contribution in [0.15, 0.2) is 9.98 Å². The molecule has 2 N–H and O–H groups in total. The van der Waals surface area contributed by atoms with Crippen LogP contribution in [0.3, 0.4) is 0 Å². The minimum Gasteiger partial charge on any atom is -0.550 e. The molecule has 2 aliphatic heterocycles. The zero-order valence-electron chi connectivity index (χ0n) is 32.4. The van der Waals surface area contributed by atoms with Gasteiger partial charge in [-0.2, -0.15) is 0 Å². The summed E-state index contributed by atoms with van der Waals surface area (Å²) in [6.45, 7) is 11.7. The molecule has 0 unspecified atom stereocenters. The topological polar surface area (TPSA) is 370 Å². The van der Waals surface area contributed by atoms with Gasteiger partial charge < -0.3 is 89.8 Å². The second-order valence-corrected chi connectivity index (χ2v) is 5.91. The third kappa shape index (κ3) is 776. The van der Waals surface area contributed by atoms with E-state index in [1.807, 2.05) is 0 Å². The number of carboxylic acids is 8. The SMILES string of the molecule is C1=NCCN1.C1=NCCN1.CC(=O)[O-].CC(=O)[O-].CC(=O)[O-].CC(=O)[O-].CC(=O)[O-].CC(=O)[O-].CC(=O)[O-].CC(=O)[O-].[Na+].[Na+].[Na+].[Na+].[Na+].[Na+].[Na+].[Na+]. The van der Waals surface area contributed by atoms with E-state index in [0.29, 0.717) is 0 Å². The minimum atomic E-state index is -1.08. The van der Waals surface area contributed by atoms with E-state index in [1.54, 1.807) is 12.7 Å². The fourth-order valence-corrected chi connectivity index (χ4v) is 0.645. The quantitative estimate of drug-likeness (QED) is 0.215. The molecule has 0 radical (unpaired) electrons. The molecule has 0 saturated heterocycles. The van der Waals surface area contributed by atoms with Gasteiger partial charge in [-0.1, -0.05) is 0 Å². The Morgan fingerprint density at radius 1 is 0.360 bits per heavy atom. The van der Waals surface area contributed by atoms with Crippen LogP contribution in [0.1, 0.15) is 55.4 Å². The maximum atomic E-state index is 8.89. The summed E-state index contributed by atoms with van der Waals surface area (Å²) in [6.07, 6.45) is 3.47. The molecule has 0 amide bonds. The Kier molecular flexibility index (Phi) is 206. The van der Waals surface area contributed by atoms with Gasteiger partial charge in [-0.25, -0.2) is 0 Å². The van der Waals surface area contributed by atoms with E-state index in [0.717, 1.165) is 81.6 Å². The van der Waals surface area contributed by atoms with Crippen molar-refractivity contribution in [2.24, 2.45) is 9.98 Å². The first-order chi connectivity index (χ1) is 18.9. The number of carbonyl (C=O) groups is 8. The number of carboxylic acid groups (broad SMARTS) is 8. The van der Waals surface area contributed by atoms with E-state index in [2.05, 4.69) is 20.6 Å². The second kappa shape index (κ2) is 98.7. The Bertz CT molecular complexity index is 612. The smallest absolute Gasteiger partial charge is 0.550 e. The summed E-state index contributed by atoms with van der Waals surface area (Å²) in [4.78, 5) is 78.8. The normalized spacial score (nSPS) is 7.84. The van der Waals surface area contributed by atoms with Crippen molar-refractivity contribution in [3.05, 3.63) is 0 Å². The van der Waals surface area contributed by atoms with Crippen molar-refractivity contribution >= 4 is 60.4 Å². The zero-order valence-corrected chi connectivity index (χ0v) is 48.4. The largest absolute Gasteiger partial charge is 1.00 e. The van der Waals surface area contributed by atoms with Crippen LogP contribution >= 0.6 is 0 Å². The van der Waals surface area contributed by atoms with Crippen molar-refractivity contribution in [3.8, 4) is 0 Å². The van der Waals surface area contributed by atoms with Gasteiger partial charge in [0.15, 0.2) is 0 Å². The van der Waals surface area contributed by atoms with Gasteiger partial charge >= 0.3 is 236 Å². The van der Waals surface area contributed by atoms with Crippen molar-refractivity contribution in [1.82, 2.24) is 10.6 Å². The van der Waals surface area contributed by atoms with E-state index in [9.17, 15) is 0 Å². The zero-order chi connectivity index (χ0) is 35.7. The number of rotatable bonds is 0. The van der Waals surface area contributed by atoms with E-state index in [4.69, 9.17) is 79.2 Å². The molecule has 0 aromatic heterocycles. The molecule has 2 heterocycles. The predicted octanol–water partition coefficient (Wildman–Crippen LogP) is -34.7. The molecule has 20 nitrogen and oxygen atoms in total. The van der Waals surface area contributed by atoms with E-state index >= 15 is 0 Å². The molecule has 2 rings (SSSR count). The Hall–Kier alpha value is 2.70. The van der Waals surface area contributed by atoms with Crippen molar-refractivity contribution in [2.45, 2.75) is 55.4 Å². The van der Waals surface area contributed by atoms with Crippen molar-refractivity contribution in [3.63, 3.8) is 0 Å². The van der Waals surface area contributed by atoms with Crippen LogP contribution in [0.2, 0.25) is 0 Å². The molecule has 0 fully saturated rings. The predicted molar refractivity (Wildman–Crippen MR) is 128 cm³/mol.